The van der Waals surface area contributed by atoms with Gasteiger partial charge >= 0.3 is 0 Å². The molecule has 1 fully saturated rings. The molecule has 0 aromatic rings. The summed E-state index contributed by atoms with van der Waals surface area (Å²) in [5.41, 5.74) is 0. The molecule has 0 aromatic heterocycles. The molecule has 14 heavy (non-hydrogen) atoms. The molecule has 1 aliphatic carbocycles. The number of unbranched alkanes of at least 4 members (excludes halogenated alkanes) is 1. The van der Waals surface area contributed by atoms with Gasteiger partial charge in [0.1, 0.15) is 0 Å². The highest BCUT2D eigenvalue weighted by Crippen LogP contribution is 2.42. The summed E-state index contributed by atoms with van der Waals surface area (Å²) in [5.74, 6) is 1.31. The third-order valence-electron chi connectivity index (χ3n) is 3.10. The van der Waals surface area contributed by atoms with Crippen LogP contribution in [0.5, 0.6) is 0 Å². The molecule has 0 amide bonds. The molecule has 0 spiro atoms. The van der Waals surface area contributed by atoms with Crippen molar-refractivity contribution in [2.75, 3.05) is 31.4 Å². The molecule has 1 N–H and O–H groups in total. The topological polar surface area (TPSA) is 12.0 Å². The van der Waals surface area contributed by atoms with Gasteiger partial charge in [0.25, 0.3) is 0 Å². The molecule has 0 aliphatic heterocycles. The zero-order valence-corrected chi connectivity index (χ0v) is 11.1. The van der Waals surface area contributed by atoms with Crippen LogP contribution >= 0.6 is 23.5 Å². The van der Waals surface area contributed by atoms with Gasteiger partial charge < -0.3 is 5.32 Å². The van der Waals surface area contributed by atoms with Crippen molar-refractivity contribution in [3.63, 3.8) is 0 Å². The van der Waals surface area contributed by atoms with Crippen molar-refractivity contribution in [3.05, 3.63) is 0 Å². The lowest BCUT2D eigenvalue weighted by atomic mass is 9.84. The molecule has 1 saturated carbocycles. The molecule has 0 aromatic carbocycles. The van der Waals surface area contributed by atoms with Crippen molar-refractivity contribution in [2.45, 2.75) is 36.9 Å². The van der Waals surface area contributed by atoms with Gasteiger partial charge in [-0.05, 0) is 50.5 Å². The van der Waals surface area contributed by atoms with Gasteiger partial charge in [0, 0.05) is 11.3 Å². The summed E-state index contributed by atoms with van der Waals surface area (Å²) >= 11 is 4.01. The van der Waals surface area contributed by atoms with Crippen LogP contribution in [0.1, 0.15) is 32.1 Å². The Bertz CT molecular complexity index is 141. The highest BCUT2D eigenvalue weighted by Gasteiger charge is 2.35. The minimum Gasteiger partial charge on any atom is -0.315 e. The van der Waals surface area contributed by atoms with Crippen molar-refractivity contribution < 1.29 is 0 Å². The molecular weight excluding hydrogens is 210 g/mol. The summed E-state index contributed by atoms with van der Waals surface area (Å²) in [5, 5.41) is 3.61. The second-order valence-electron chi connectivity index (χ2n) is 4.12. The van der Waals surface area contributed by atoms with E-state index >= 15 is 0 Å². The van der Waals surface area contributed by atoms with Gasteiger partial charge in [-0.15, -0.1) is 0 Å². The molecule has 0 atom stereocenters. The van der Waals surface area contributed by atoms with E-state index in [1.807, 2.05) is 11.8 Å². The van der Waals surface area contributed by atoms with Gasteiger partial charge in [0.2, 0.25) is 0 Å². The first kappa shape index (κ1) is 12.7. The van der Waals surface area contributed by atoms with Crippen LogP contribution in [0, 0.1) is 0 Å². The number of rotatable bonds is 8. The Morgan fingerprint density at radius 1 is 1.21 bits per heavy atom. The average Bonchev–Trinajstić information content (AvgIpc) is 2.15. The lowest BCUT2D eigenvalue weighted by Crippen LogP contribution is -2.43. The van der Waals surface area contributed by atoms with Crippen LogP contribution < -0.4 is 5.32 Å². The zero-order valence-electron chi connectivity index (χ0n) is 9.47. The first-order valence-corrected chi connectivity index (χ1v) is 8.20. The summed E-state index contributed by atoms with van der Waals surface area (Å²) in [6, 6.07) is 0. The quantitative estimate of drug-likeness (QED) is 0.647. The third-order valence-corrected chi connectivity index (χ3v) is 5.21. The molecule has 1 nitrogen and oxygen atoms in total. The molecule has 84 valence electrons. The number of hydrogen-bond acceptors (Lipinski definition) is 3. The monoisotopic (exact) mass is 233 g/mol. The van der Waals surface area contributed by atoms with Crippen molar-refractivity contribution in [3.8, 4) is 0 Å². The van der Waals surface area contributed by atoms with E-state index in [4.69, 9.17) is 0 Å². The predicted molar refractivity (Wildman–Crippen MR) is 70.6 cm³/mol. The molecule has 1 aliphatic rings. The van der Waals surface area contributed by atoms with Crippen LogP contribution in [0.3, 0.4) is 0 Å². The summed E-state index contributed by atoms with van der Waals surface area (Å²) in [6.07, 6.45) is 11.4. The van der Waals surface area contributed by atoms with E-state index < -0.39 is 0 Å². The van der Waals surface area contributed by atoms with Gasteiger partial charge in [-0.25, -0.2) is 0 Å². The van der Waals surface area contributed by atoms with Crippen LogP contribution in [0.25, 0.3) is 0 Å². The predicted octanol–water partition coefficient (Wildman–Crippen LogP) is 3.00. The molecule has 0 saturated heterocycles. The van der Waals surface area contributed by atoms with Gasteiger partial charge in [0.05, 0.1) is 0 Å². The minimum atomic E-state index is 0.611. The summed E-state index contributed by atoms with van der Waals surface area (Å²) in [4.78, 5) is 0. The standard InChI is InChI=1S/C11H23NS2/c1-13-9-4-3-8-12-10-11(14-2)6-5-7-11/h12H,3-10H2,1-2H3. The smallest absolute Gasteiger partial charge is 0.0281 e. The molecular formula is C11H23NS2. The molecule has 0 unspecified atom stereocenters. The maximum atomic E-state index is 3.61. The second kappa shape index (κ2) is 7.02. The van der Waals surface area contributed by atoms with E-state index in [9.17, 15) is 0 Å². The normalized spacial score (nSPS) is 19.3. The molecule has 0 bridgehead atoms. The highest BCUT2D eigenvalue weighted by molar-refractivity contribution is 8.00. The Labute approximate surface area is 97.2 Å². The first-order valence-electron chi connectivity index (χ1n) is 5.58. The number of hydrogen-bond donors (Lipinski definition) is 1. The minimum absolute atomic E-state index is 0.611. The SMILES string of the molecule is CSCCCCNCC1(SC)CCC1. The van der Waals surface area contributed by atoms with Gasteiger partial charge in [0.15, 0.2) is 0 Å². The summed E-state index contributed by atoms with van der Waals surface area (Å²) < 4.78 is 0.611. The maximum absolute atomic E-state index is 3.61. The van der Waals surface area contributed by atoms with Gasteiger partial charge in [-0.3, -0.25) is 0 Å². The summed E-state index contributed by atoms with van der Waals surface area (Å²) in [7, 11) is 0. The Morgan fingerprint density at radius 3 is 2.50 bits per heavy atom. The van der Waals surface area contributed by atoms with Crippen molar-refractivity contribution in [1.82, 2.24) is 5.32 Å². The zero-order chi connectivity index (χ0) is 10.3. The van der Waals surface area contributed by atoms with Crippen molar-refractivity contribution in [2.24, 2.45) is 0 Å². The Hall–Kier alpha value is 0.660. The van der Waals surface area contributed by atoms with E-state index in [-0.39, 0.29) is 0 Å². The number of thioether (sulfide) groups is 2. The van der Waals surface area contributed by atoms with Gasteiger partial charge in [-0.2, -0.15) is 23.5 Å². The largest absolute Gasteiger partial charge is 0.315 e. The van der Waals surface area contributed by atoms with Crippen molar-refractivity contribution >= 4 is 23.5 Å². The van der Waals surface area contributed by atoms with Crippen LogP contribution in [-0.4, -0.2) is 36.1 Å². The fraction of sp³-hybridized carbons (Fsp3) is 1.00. The molecule has 1 rings (SSSR count). The maximum Gasteiger partial charge on any atom is 0.0281 e. The third kappa shape index (κ3) is 4.03. The first-order chi connectivity index (χ1) is 6.83. The van der Waals surface area contributed by atoms with E-state index in [1.165, 1.54) is 50.9 Å². The number of nitrogens with one attached hydrogen (secondary N) is 1. The van der Waals surface area contributed by atoms with Crippen LogP contribution in [0.4, 0.5) is 0 Å². The van der Waals surface area contributed by atoms with Gasteiger partial charge in [-0.1, -0.05) is 6.42 Å². The fourth-order valence-electron chi connectivity index (χ4n) is 1.84. The van der Waals surface area contributed by atoms with Crippen LogP contribution in [0.15, 0.2) is 0 Å². The van der Waals surface area contributed by atoms with Crippen LogP contribution in [0.2, 0.25) is 0 Å². The lowest BCUT2D eigenvalue weighted by Gasteiger charge is -2.40. The Balaban J connectivity index is 1.92. The molecule has 0 heterocycles. The Kier molecular flexibility index (Phi) is 6.38. The van der Waals surface area contributed by atoms with E-state index in [2.05, 4.69) is 29.6 Å². The molecule has 3 heteroatoms. The Morgan fingerprint density at radius 2 is 2.00 bits per heavy atom. The second-order valence-corrected chi connectivity index (χ2v) is 6.38. The highest BCUT2D eigenvalue weighted by atomic mass is 32.2. The summed E-state index contributed by atoms with van der Waals surface area (Å²) in [6.45, 7) is 2.44. The van der Waals surface area contributed by atoms with Crippen molar-refractivity contribution in [1.29, 1.82) is 0 Å². The van der Waals surface area contributed by atoms with E-state index in [0.717, 1.165) is 0 Å². The van der Waals surface area contributed by atoms with E-state index in [0.29, 0.717) is 4.75 Å². The molecule has 0 radical (unpaired) electrons. The average molecular weight is 233 g/mol. The van der Waals surface area contributed by atoms with Crippen LogP contribution in [-0.2, 0) is 0 Å². The lowest BCUT2D eigenvalue weighted by molar-refractivity contribution is 0.345. The fourth-order valence-corrected chi connectivity index (χ4v) is 3.27. The van der Waals surface area contributed by atoms with E-state index in [1.54, 1.807) is 0 Å².